The summed E-state index contributed by atoms with van der Waals surface area (Å²) in [5.41, 5.74) is -1.61. The van der Waals surface area contributed by atoms with E-state index in [-0.39, 0.29) is 49.7 Å². The molecule has 0 amide bonds. The monoisotopic (exact) mass is 914 g/mol. The van der Waals surface area contributed by atoms with Crippen molar-refractivity contribution in [3.63, 3.8) is 0 Å². The highest BCUT2D eigenvalue weighted by Gasteiger charge is 2.49. The molecule has 2 saturated heterocycles. The molecule has 65 heavy (non-hydrogen) atoms. The second-order valence-corrected chi connectivity index (χ2v) is 18.5. The standard InChI is InChI=1S/C50H75NO14/c1-30-22-23-31(2)39(54)25-37(53)28-50(7)29-40(55)43(48(60)61)41(65-50)27-38(64-49-47(59)44(51)46(58)35(6)63-49)21-19-17-15-13-11-9-8-10-12-14-16-18-20-32(3)45(57)33(4)34(5)62-42(56)26-36(52)24-30/h8-21,30-41,43,46-47,49,51-55,58-59H,22-29H2,1-7H3,(H,60,61)/b9-8-,12-10-,13-11-,16-14-,17-15-,20-18-,21-19-,51-44?/t30-,31-,32+,33+,34+,35+,36-,37+,38+,39-,40+,41+,43-,46+,47-,49-,50-/m1/s1. The topological polar surface area (TPSA) is 254 Å². The highest BCUT2D eigenvalue weighted by molar-refractivity contribution is 5.91. The molecule has 15 nitrogen and oxygen atoms in total. The molecular formula is C50H75NO14. The number of aliphatic carboxylic acids is 1. The minimum absolute atomic E-state index is 0.0125. The number of rotatable bonds is 3. The Morgan fingerprint density at radius 2 is 1.28 bits per heavy atom. The van der Waals surface area contributed by atoms with Gasteiger partial charge in [-0.05, 0) is 51.9 Å². The molecule has 0 aromatic carbocycles. The van der Waals surface area contributed by atoms with Crippen molar-refractivity contribution in [3.05, 3.63) is 85.1 Å². The third-order valence-electron chi connectivity index (χ3n) is 12.5. The fraction of sp³-hybridized carbons (Fsp3) is 0.640. The zero-order valence-electron chi connectivity index (χ0n) is 39.0. The van der Waals surface area contributed by atoms with Gasteiger partial charge in [0.2, 0.25) is 0 Å². The van der Waals surface area contributed by atoms with Gasteiger partial charge in [-0.25, -0.2) is 0 Å². The number of carbonyl (C=O) groups excluding carboxylic acids is 2. The molecule has 364 valence electrons. The lowest BCUT2D eigenvalue weighted by molar-refractivity contribution is -0.248. The van der Waals surface area contributed by atoms with E-state index in [0.717, 1.165) is 0 Å². The van der Waals surface area contributed by atoms with E-state index < -0.39 is 108 Å². The van der Waals surface area contributed by atoms with Crippen LogP contribution in [0.15, 0.2) is 85.1 Å². The Morgan fingerprint density at radius 1 is 0.708 bits per heavy atom. The summed E-state index contributed by atoms with van der Waals surface area (Å²) < 4.78 is 23.8. The van der Waals surface area contributed by atoms with Gasteiger partial charge in [-0.3, -0.25) is 14.4 Å². The van der Waals surface area contributed by atoms with Crippen molar-refractivity contribution in [1.82, 2.24) is 0 Å². The van der Waals surface area contributed by atoms with Gasteiger partial charge in [-0.1, -0.05) is 119 Å². The molecule has 0 spiro atoms. The number of fused-ring (bicyclic) bond motifs is 2. The van der Waals surface area contributed by atoms with Crippen molar-refractivity contribution >= 4 is 23.4 Å². The third kappa shape index (κ3) is 18.4. The Labute approximate surface area is 384 Å². The van der Waals surface area contributed by atoms with Crippen molar-refractivity contribution in [3.8, 4) is 0 Å². The number of ether oxygens (including phenoxy) is 4. The summed E-state index contributed by atoms with van der Waals surface area (Å²) in [7, 11) is 0. The van der Waals surface area contributed by atoms with Gasteiger partial charge in [0, 0.05) is 25.2 Å². The minimum Gasteiger partial charge on any atom is -0.481 e. The molecule has 0 aromatic rings. The largest absolute Gasteiger partial charge is 0.481 e. The number of hydrogen-bond donors (Lipinski definition) is 8. The Morgan fingerprint density at radius 3 is 1.86 bits per heavy atom. The van der Waals surface area contributed by atoms with Gasteiger partial charge in [0.1, 0.15) is 30.0 Å². The second kappa shape index (κ2) is 27.0. The number of Topliss-reactive ketones (excluding diaryl/α,β-unsaturated/α-hetero) is 1. The number of cyclic esters (lactones) is 1. The summed E-state index contributed by atoms with van der Waals surface area (Å²) >= 11 is 0. The summed E-state index contributed by atoms with van der Waals surface area (Å²) in [5, 5.41) is 83.8. The molecule has 3 heterocycles. The maximum Gasteiger partial charge on any atom is 0.311 e. The van der Waals surface area contributed by atoms with E-state index in [0.29, 0.717) is 19.3 Å². The van der Waals surface area contributed by atoms with Crippen LogP contribution in [0.1, 0.15) is 99.8 Å². The zero-order valence-corrected chi connectivity index (χ0v) is 39.0. The van der Waals surface area contributed by atoms with Crippen molar-refractivity contribution in [2.24, 2.45) is 29.6 Å². The van der Waals surface area contributed by atoms with Crippen molar-refractivity contribution < 1.29 is 69.1 Å². The minimum atomic E-state index is -1.61. The number of carboxylic acid groups (broad SMARTS) is 1. The fourth-order valence-electron chi connectivity index (χ4n) is 8.43. The molecule has 15 heteroatoms. The maximum absolute atomic E-state index is 13.1. The number of carboxylic acids is 1. The summed E-state index contributed by atoms with van der Waals surface area (Å²) in [6, 6.07) is 0. The van der Waals surface area contributed by atoms with E-state index in [1.807, 2.05) is 44.2 Å². The van der Waals surface area contributed by atoms with Gasteiger partial charge >= 0.3 is 11.9 Å². The van der Waals surface area contributed by atoms with E-state index in [4.69, 9.17) is 24.4 Å². The molecule has 0 unspecified atom stereocenters. The summed E-state index contributed by atoms with van der Waals surface area (Å²) in [4.78, 5) is 38.4. The maximum atomic E-state index is 13.1. The molecule has 17 atom stereocenters. The summed E-state index contributed by atoms with van der Waals surface area (Å²) in [5.74, 6) is -4.60. The number of nitrogens with one attached hydrogen (secondary N) is 1. The Bertz CT molecular complexity index is 1750. The Hall–Kier alpha value is -3.90. The number of ketones is 1. The van der Waals surface area contributed by atoms with Crippen LogP contribution in [0.5, 0.6) is 0 Å². The quantitative estimate of drug-likeness (QED) is 0.169. The SMILES string of the molecule is C[C@@H]1CC[C@@H](C)[C@H](O)C[C@H](O)C[C@]2(C)C[C@H](O)[C@@H](C(=O)O)[C@H](C[C@@H](O[C@H]3O[C@@H](C)[C@H](O)C(=N)[C@H]3O)\C=C/C=C\C=C/C=C\C=C/C=C\C=C/[C@H](C)C(=O)[C@@H](C)[C@H](C)OC(=O)C[C@H](O)C1)O2. The van der Waals surface area contributed by atoms with Crippen LogP contribution < -0.4 is 0 Å². The number of carbonyl (C=O) groups is 3. The Kier molecular flexibility index (Phi) is 23.1. The zero-order chi connectivity index (χ0) is 48.4. The molecular weight excluding hydrogens is 839 g/mol. The highest BCUT2D eigenvalue weighted by Crippen LogP contribution is 2.39. The van der Waals surface area contributed by atoms with Crippen LogP contribution in [-0.2, 0) is 33.3 Å². The second-order valence-electron chi connectivity index (χ2n) is 18.5. The van der Waals surface area contributed by atoms with Crippen molar-refractivity contribution in [2.45, 2.75) is 173 Å². The molecule has 8 N–H and O–H groups in total. The summed E-state index contributed by atoms with van der Waals surface area (Å²) in [6.07, 6.45) is 13.3. The molecule has 3 aliphatic heterocycles. The van der Waals surface area contributed by atoms with E-state index in [1.165, 1.54) is 6.92 Å². The number of allylic oxidation sites excluding steroid dienone is 13. The van der Waals surface area contributed by atoms with E-state index >= 15 is 0 Å². The van der Waals surface area contributed by atoms with Crippen LogP contribution in [0.3, 0.4) is 0 Å². The van der Waals surface area contributed by atoms with E-state index in [9.17, 15) is 50.1 Å². The molecule has 3 rings (SSSR count). The molecule has 0 saturated carbocycles. The number of hydrogen-bond acceptors (Lipinski definition) is 14. The average Bonchev–Trinajstić information content (AvgIpc) is 3.21. The van der Waals surface area contributed by atoms with Gasteiger partial charge in [-0.2, -0.15) is 0 Å². The molecule has 2 bridgehead atoms. The van der Waals surface area contributed by atoms with Crippen LogP contribution in [0.4, 0.5) is 0 Å². The first-order valence-electron chi connectivity index (χ1n) is 22.9. The predicted molar refractivity (Wildman–Crippen MR) is 246 cm³/mol. The number of esters is 1. The fourth-order valence-corrected chi connectivity index (χ4v) is 8.43. The van der Waals surface area contributed by atoms with Crippen LogP contribution in [0.25, 0.3) is 0 Å². The van der Waals surface area contributed by atoms with Crippen molar-refractivity contribution in [1.29, 1.82) is 5.41 Å². The van der Waals surface area contributed by atoms with E-state index in [2.05, 4.69) is 0 Å². The Balaban J connectivity index is 1.86. The van der Waals surface area contributed by atoms with Gasteiger partial charge in [0.15, 0.2) is 6.29 Å². The van der Waals surface area contributed by atoms with Crippen LogP contribution >= 0.6 is 0 Å². The lowest BCUT2D eigenvalue weighted by Crippen LogP contribution is -2.56. The van der Waals surface area contributed by atoms with Gasteiger partial charge in [0.05, 0.1) is 66.4 Å². The lowest BCUT2D eigenvalue weighted by Gasteiger charge is -2.46. The molecule has 0 aliphatic carbocycles. The van der Waals surface area contributed by atoms with Crippen LogP contribution in [0.2, 0.25) is 0 Å². The van der Waals surface area contributed by atoms with Crippen LogP contribution in [-0.4, -0.2) is 132 Å². The average molecular weight is 914 g/mol. The van der Waals surface area contributed by atoms with Gasteiger partial charge in [0.25, 0.3) is 0 Å². The number of aliphatic hydroxyl groups is 6. The highest BCUT2D eigenvalue weighted by atomic mass is 16.7. The molecule has 3 aliphatic rings. The molecule has 2 fully saturated rings. The molecule has 0 radical (unpaired) electrons. The first-order valence-corrected chi connectivity index (χ1v) is 22.9. The summed E-state index contributed by atoms with van der Waals surface area (Å²) in [6.45, 7) is 12.2. The number of aliphatic hydroxyl groups excluding tert-OH is 6. The molecule has 0 aromatic heterocycles. The first kappa shape index (κ1) is 55.4. The van der Waals surface area contributed by atoms with Gasteiger partial charge < -0.3 is 60.1 Å². The smallest absolute Gasteiger partial charge is 0.311 e. The first-order chi connectivity index (χ1) is 30.6. The van der Waals surface area contributed by atoms with Crippen molar-refractivity contribution in [2.75, 3.05) is 0 Å². The van der Waals surface area contributed by atoms with Crippen LogP contribution in [0, 0.1) is 35.0 Å². The normalized spacial score (nSPS) is 43.2. The van der Waals surface area contributed by atoms with Gasteiger partial charge in [-0.15, -0.1) is 0 Å². The lowest BCUT2D eigenvalue weighted by atomic mass is 9.78. The van der Waals surface area contributed by atoms with E-state index in [1.54, 1.807) is 82.4 Å². The predicted octanol–water partition coefficient (Wildman–Crippen LogP) is 5.23. The third-order valence-corrected chi connectivity index (χ3v) is 12.5.